The Bertz CT molecular complexity index is 594. The molecule has 0 saturated heterocycles. The van der Waals surface area contributed by atoms with Crippen molar-refractivity contribution in [3.63, 3.8) is 0 Å². The highest BCUT2D eigenvalue weighted by molar-refractivity contribution is 14.1. The third kappa shape index (κ3) is 4.67. The molecule has 1 aromatic carbocycles. The van der Waals surface area contributed by atoms with Gasteiger partial charge in [-0.25, -0.2) is 4.98 Å². The van der Waals surface area contributed by atoms with Crippen molar-refractivity contribution in [2.24, 2.45) is 0 Å². The maximum absolute atomic E-state index is 11.8. The lowest BCUT2D eigenvalue weighted by Crippen LogP contribution is -2.14. The van der Waals surface area contributed by atoms with E-state index in [0.717, 1.165) is 9.26 Å². The number of hydrogen-bond donors (Lipinski definition) is 1. The van der Waals surface area contributed by atoms with E-state index in [-0.39, 0.29) is 11.7 Å². The van der Waals surface area contributed by atoms with Gasteiger partial charge in [-0.3, -0.25) is 4.79 Å². The van der Waals surface area contributed by atoms with Crippen molar-refractivity contribution in [2.75, 3.05) is 11.1 Å². The summed E-state index contributed by atoms with van der Waals surface area (Å²) in [6, 6.07) is 11.2. The van der Waals surface area contributed by atoms with Gasteiger partial charge in [-0.2, -0.15) is 0 Å². The van der Waals surface area contributed by atoms with E-state index in [0.29, 0.717) is 10.0 Å². The largest absolute Gasteiger partial charge is 0.325 e. The van der Waals surface area contributed by atoms with Crippen molar-refractivity contribution in [2.45, 2.75) is 5.03 Å². The van der Waals surface area contributed by atoms with Crippen LogP contribution in [0, 0.1) is 3.57 Å². The summed E-state index contributed by atoms with van der Waals surface area (Å²) in [5.74, 6) is 0.205. The molecular formula is C13H10ClIN2OS. The molecule has 98 valence electrons. The maximum Gasteiger partial charge on any atom is 0.234 e. The fourth-order valence-electron chi connectivity index (χ4n) is 1.37. The zero-order chi connectivity index (χ0) is 13.7. The summed E-state index contributed by atoms with van der Waals surface area (Å²) in [6.45, 7) is 0. The molecule has 0 aliphatic heterocycles. The standard InChI is InChI=1S/C13H10ClIN2OS/c14-11-5-2-6-16-13(11)19-8-12(18)17-10-4-1-3-9(15)7-10/h1-7H,8H2,(H,17,18). The van der Waals surface area contributed by atoms with Crippen molar-refractivity contribution in [3.8, 4) is 0 Å². The molecule has 1 heterocycles. The van der Waals surface area contributed by atoms with Crippen LogP contribution in [0.15, 0.2) is 47.6 Å². The van der Waals surface area contributed by atoms with Crippen LogP contribution in [0.5, 0.6) is 0 Å². The molecule has 0 fully saturated rings. The van der Waals surface area contributed by atoms with E-state index in [2.05, 4.69) is 32.9 Å². The van der Waals surface area contributed by atoms with Crippen LogP contribution >= 0.6 is 46.0 Å². The van der Waals surface area contributed by atoms with Gasteiger partial charge in [0.05, 0.1) is 10.8 Å². The van der Waals surface area contributed by atoms with Gasteiger partial charge in [-0.1, -0.05) is 29.4 Å². The summed E-state index contributed by atoms with van der Waals surface area (Å²) in [5, 5.41) is 4.07. The number of carbonyl (C=O) groups is 1. The number of halogens is 2. The van der Waals surface area contributed by atoms with Gasteiger partial charge in [0, 0.05) is 15.5 Å². The average molecular weight is 405 g/mol. The molecule has 3 nitrogen and oxygen atoms in total. The molecule has 1 aromatic heterocycles. The van der Waals surface area contributed by atoms with E-state index in [1.165, 1.54) is 11.8 Å². The topological polar surface area (TPSA) is 42.0 Å². The summed E-state index contributed by atoms with van der Waals surface area (Å²) in [5.41, 5.74) is 0.796. The summed E-state index contributed by atoms with van der Waals surface area (Å²) >= 11 is 9.50. The molecule has 0 bridgehead atoms. The van der Waals surface area contributed by atoms with Gasteiger partial charge in [0.25, 0.3) is 0 Å². The summed E-state index contributed by atoms with van der Waals surface area (Å²) in [4.78, 5) is 15.9. The summed E-state index contributed by atoms with van der Waals surface area (Å²) in [6.07, 6.45) is 1.66. The lowest BCUT2D eigenvalue weighted by atomic mass is 10.3. The maximum atomic E-state index is 11.8. The number of nitrogens with one attached hydrogen (secondary N) is 1. The van der Waals surface area contributed by atoms with Gasteiger partial charge in [-0.05, 0) is 52.9 Å². The number of nitrogens with zero attached hydrogens (tertiary/aromatic N) is 1. The second kappa shape index (κ2) is 7.12. The Balaban J connectivity index is 1.90. The zero-order valence-corrected chi connectivity index (χ0v) is 13.5. The highest BCUT2D eigenvalue weighted by atomic mass is 127. The minimum atomic E-state index is -0.0753. The normalized spacial score (nSPS) is 10.2. The molecule has 1 amide bonds. The monoisotopic (exact) mass is 404 g/mol. The third-order valence-corrected chi connectivity index (χ3v) is 4.27. The highest BCUT2D eigenvalue weighted by Crippen LogP contribution is 2.24. The number of benzene rings is 1. The van der Waals surface area contributed by atoms with Crippen LogP contribution in [-0.4, -0.2) is 16.6 Å². The number of thioether (sulfide) groups is 1. The molecule has 6 heteroatoms. The highest BCUT2D eigenvalue weighted by Gasteiger charge is 2.07. The molecular weight excluding hydrogens is 395 g/mol. The van der Waals surface area contributed by atoms with Crippen LogP contribution in [0.2, 0.25) is 5.02 Å². The lowest BCUT2D eigenvalue weighted by Gasteiger charge is -2.05. The van der Waals surface area contributed by atoms with Crippen LogP contribution < -0.4 is 5.32 Å². The SMILES string of the molecule is O=C(CSc1ncccc1Cl)Nc1cccc(I)c1. The second-order valence-corrected chi connectivity index (χ2v) is 6.25. The second-order valence-electron chi connectivity index (χ2n) is 3.64. The zero-order valence-electron chi connectivity index (χ0n) is 9.77. The molecule has 0 spiro atoms. The number of amides is 1. The van der Waals surface area contributed by atoms with Crippen LogP contribution in [0.3, 0.4) is 0 Å². The molecule has 0 aliphatic carbocycles. The van der Waals surface area contributed by atoms with Gasteiger partial charge in [0.15, 0.2) is 0 Å². The van der Waals surface area contributed by atoms with E-state index in [4.69, 9.17) is 11.6 Å². The van der Waals surface area contributed by atoms with Crippen molar-refractivity contribution < 1.29 is 4.79 Å². The van der Waals surface area contributed by atoms with E-state index in [1.54, 1.807) is 18.3 Å². The Morgan fingerprint density at radius 3 is 2.95 bits per heavy atom. The number of aromatic nitrogens is 1. The Hall–Kier alpha value is -0.790. The molecule has 0 unspecified atom stereocenters. The first-order valence-corrected chi connectivity index (χ1v) is 7.88. The first-order chi connectivity index (χ1) is 9.15. The fourth-order valence-corrected chi connectivity index (χ4v) is 2.88. The van der Waals surface area contributed by atoms with E-state index >= 15 is 0 Å². The van der Waals surface area contributed by atoms with Gasteiger partial charge in [0.1, 0.15) is 5.03 Å². The van der Waals surface area contributed by atoms with Crippen molar-refractivity contribution in [1.82, 2.24) is 4.98 Å². The molecule has 2 rings (SSSR count). The number of rotatable bonds is 4. The smallest absolute Gasteiger partial charge is 0.234 e. The fraction of sp³-hybridized carbons (Fsp3) is 0.0769. The number of hydrogen-bond acceptors (Lipinski definition) is 3. The summed E-state index contributed by atoms with van der Waals surface area (Å²) < 4.78 is 1.08. The predicted octanol–water partition coefficient (Wildman–Crippen LogP) is 4.07. The van der Waals surface area contributed by atoms with Crippen molar-refractivity contribution in [3.05, 3.63) is 51.2 Å². The van der Waals surface area contributed by atoms with Gasteiger partial charge in [0.2, 0.25) is 5.91 Å². The Kier molecular flexibility index (Phi) is 5.47. The van der Waals surface area contributed by atoms with Crippen molar-refractivity contribution >= 4 is 57.5 Å². The van der Waals surface area contributed by atoms with Crippen LogP contribution in [0.25, 0.3) is 0 Å². The number of anilines is 1. The molecule has 0 saturated carbocycles. The van der Waals surface area contributed by atoms with E-state index in [9.17, 15) is 4.79 Å². The molecule has 0 atom stereocenters. The first-order valence-electron chi connectivity index (χ1n) is 5.44. The molecule has 0 radical (unpaired) electrons. The molecule has 2 aromatic rings. The van der Waals surface area contributed by atoms with Crippen LogP contribution in [0.4, 0.5) is 5.69 Å². The molecule has 19 heavy (non-hydrogen) atoms. The third-order valence-electron chi connectivity index (χ3n) is 2.17. The van der Waals surface area contributed by atoms with Gasteiger partial charge >= 0.3 is 0 Å². The minimum Gasteiger partial charge on any atom is -0.325 e. The van der Waals surface area contributed by atoms with E-state index < -0.39 is 0 Å². The quantitative estimate of drug-likeness (QED) is 0.617. The van der Waals surface area contributed by atoms with E-state index in [1.807, 2.05) is 24.3 Å². The molecule has 0 aliphatic rings. The number of pyridine rings is 1. The van der Waals surface area contributed by atoms with Crippen LogP contribution in [-0.2, 0) is 4.79 Å². The predicted molar refractivity (Wildman–Crippen MR) is 87.8 cm³/mol. The van der Waals surface area contributed by atoms with Gasteiger partial charge in [-0.15, -0.1) is 0 Å². The lowest BCUT2D eigenvalue weighted by molar-refractivity contribution is -0.113. The average Bonchev–Trinajstić information content (AvgIpc) is 2.38. The van der Waals surface area contributed by atoms with Gasteiger partial charge < -0.3 is 5.32 Å². The summed E-state index contributed by atoms with van der Waals surface area (Å²) in [7, 11) is 0. The Morgan fingerprint density at radius 2 is 2.21 bits per heavy atom. The first kappa shape index (κ1) is 14.6. The minimum absolute atomic E-state index is 0.0753. The van der Waals surface area contributed by atoms with Crippen LogP contribution in [0.1, 0.15) is 0 Å². The van der Waals surface area contributed by atoms with Crippen molar-refractivity contribution in [1.29, 1.82) is 0 Å². The molecule has 1 N–H and O–H groups in total. The Labute approximate surface area is 134 Å². The Morgan fingerprint density at radius 1 is 1.37 bits per heavy atom. The number of carbonyl (C=O) groups excluding carboxylic acids is 1.